The number of halogens is 1. The van der Waals surface area contributed by atoms with E-state index in [0.29, 0.717) is 12.0 Å². The van der Waals surface area contributed by atoms with Crippen LogP contribution in [0.25, 0.3) is 0 Å². The van der Waals surface area contributed by atoms with E-state index >= 15 is 0 Å². The minimum absolute atomic E-state index is 0.252. The Balaban J connectivity index is 1.73. The molecule has 3 rings (SSSR count). The van der Waals surface area contributed by atoms with Crippen LogP contribution in [0.3, 0.4) is 0 Å². The van der Waals surface area contributed by atoms with Crippen molar-refractivity contribution in [1.82, 2.24) is 4.72 Å². The van der Waals surface area contributed by atoms with Crippen molar-refractivity contribution in [2.45, 2.75) is 24.7 Å². The van der Waals surface area contributed by atoms with Gasteiger partial charge in [-0.1, -0.05) is 36.4 Å². The molecule has 1 unspecified atom stereocenters. The average molecular weight is 379 g/mol. The Morgan fingerprint density at radius 1 is 1.15 bits per heavy atom. The number of methoxy groups -OCH3 is 2. The lowest BCUT2D eigenvalue weighted by Crippen LogP contribution is -2.40. The first-order valence-corrected chi connectivity index (χ1v) is 9.97. The summed E-state index contributed by atoms with van der Waals surface area (Å²) >= 11 is 0. The summed E-state index contributed by atoms with van der Waals surface area (Å²) in [5, 5.41) is 0. The molecule has 3 atom stereocenters. The van der Waals surface area contributed by atoms with Crippen LogP contribution in [-0.2, 0) is 25.9 Å². The Morgan fingerprint density at radius 3 is 2.50 bits per heavy atom. The van der Waals surface area contributed by atoms with E-state index in [-0.39, 0.29) is 23.7 Å². The van der Waals surface area contributed by atoms with Crippen molar-refractivity contribution < 1.29 is 22.3 Å². The maximum Gasteiger partial charge on any atom is 0.214 e. The molecule has 26 heavy (non-hydrogen) atoms. The van der Waals surface area contributed by atoms with Crippen LogP contribution in [0.1, 0.15) is 28.9 Å². The zero-order valence-corrected chi connectivity index (χ0v) is 15.5. The first-order chi connectivity index (χ1) is 12.4. The normalized spacial score (nSPS) is 20.7. The Kier molecular flexibility index (Phi) is 5.72. The zero-order chi connectivity index (χ0) is 18.7. The number of rotatable bonds is 7. The molecule has 0 spiro atoms. The molecule has 2 aromatic rings. The van der Waals surface area contributed by atoms with E-state index in [0.717, 1.165) is 11.1 Å². The molecule has 0 radical (unpaired) electrons. The Labute approximate surface area is 153 Å². The van der Waals surface area contributed by atoms with Gasteiger partial charge in [-0.15, -0.1) is 0 Å². The van der Waals surface area contributed by atoms with Gasteiger partial charge in [-0.2, -0.15) is 0 Å². The topological polar surface area (TPSA) is 64.6 Å². The molecule has 0 bridgehead atoms. The van der Waals surface area contributed by atoms with Gasteiger partial charge in [0.15, 0.2) is 0 Å². The summed E-state index contributed by atoms with van der Waals surface area (Å²) in [6.45, 7) is 0. The van der Waals surface area contributed by atoms with E-state index in [4.69, 9.17) is 9.47 Å². The second-order valence-corrected chi connectivity index (χ2v) is 8.14. The summed E-state index contributed by atoms with van der Waals surface area (Å²) in [5.41, 5.74) is 2.69. The third kappa shape index (κ3) is 4.12. The molecule has 0 heterocycles. The van der Waals surface area contributed by atoms with Gasteiger partial charge in [-0.05, 0) is 35.2 Å². The maximum atomic E-state index is 13.1. The molecule has 5 nitrogen and oxygen atoms in total. The van der Waals surface area contributed by atoms with Crippen LogP contribution in [0, 0.1) is 5.82 Å². The summed E-state index contributed by atoms with van der Waals surface area (Å²) in [5.74, 6) is -0.630. The number of hydrogen-bond donors (Lipinski definition) is 1. The molecule has 0 aliphatic heterocycles. The molecule has 2 aromatic carbocycles. The number of ether oxygens (including phenoxy) is 2. The van der Waals surface area contributed by atoms with Gasteiger partial charge in [-0.25, -0.2) is 17.5 Å². The summed E-state index contributed by atoms with van der Waals surface area (Å²) < 4.78 is 52.1. The fraction of sp³-hybridized carbons (Fsp3) is 0.368. The average Bonchev–Trinajstić information content (AvgIpc) is 2.96. The van der Waals surface area contributed by atoms with Crippen molar-refractivity contribution in [3.8, 4) is 0 Å². The molecule has 0 fully saturated rings. The highest BCUT2D eigenvalue weighted by molar-refractivity contribution is 7.89. The van der Waals surface area contributed by atoms with Gasteiger partial charge in [0.05, 0.1) is 24.0 Å². The molecule has 0 aromatic heterocycles. The second-order valence-electron chi connectivity index (χ2n) is 6.34. The number of benzene rings is 2. The highest BCUT2D eigenvalue weighted by atomic mass is 32.2. The smallest absolute Gasteiger partial charge is 0.214 e. The van der Waals surface area contributed by atoms with Gasteiger partial charge in [0.25, 0.3) is 0 Å². The standard InChI is InChI=1S/C19H22FNO4S/c1-24-18(13-7-9-15(20)10-8-13)12-26(22,23)21-17-11-14-5-3-4-6-16(14)19(17)25-2/h3-10,17-19,21H,11-12H2,1-2H3/t17-,18?,19+/m0/s1. The predicted molar refractivity (Wildman–Crippen MR) is 96.8 cm³/mol. The lowest BCUT2D eigenvalue weighted by molar-refractivity contribution is 0.0848. The van der Waals surface area contributed by atoms with Crippen molar-refractivity contribution >= 4 is 10.0 Å². The van der Waals surface area contributed by atoms with E-state index < -0.39 is 16.1 Å². The first kappa shape index (κ1) is 19.0. The van der Waals surface area contributed by atoms with Gasteiger partial charge < -0.3 is 9.47 Å². The van der Waals surface area contributed by atoms with Crippen molar-refractivity contribution in [2.24, 2.45) is 0 Å². The Morgan fingerprint density at radius 2 is 1.85 bits per heavy atom. The molecule has 0 saturated carbocycles. The van der Waals surface area contributed by atoms with Crippen LogP contribution in [0.2, 0.25) is 0 Å². The number of hydrogen-bond acceptors (Lipinski definition) is 4. The van der Waals surface area contributed by atoms with Crippen LogP contribution in [0.4, 0.5) is 4.39 Å². The molecule has 1 aliphatic carbocycles. The van der Waals surface area contributed by atoms with E-state index in [2.05, 4.69) is 4.72 Å². The number of nitrogens with one attached hydrogen (secondary N) is 1. The van der Waals surface area contributed by atoms with Gasteiger partial charge in [0.1, 0.15) is 5.82 Å². The first-order valence-electron chi connectivity index (χ1n) is 8.32. The largest absolute Gasteiger partial charge is 0.376 e. The molecule has 1 aliphatic rings. The third-order valence-corrected chi connectivity index (χ3v) is 6.05. The van der Waals surface area contributed by atoms with Crippen molar-refractivity contribution in [1.29, 1.82) is 0 Å². The van der Waals surface area contributed by atoms with Crippen molar-refractivity contribution in [3.05, 3.63) is 71.0 Å². The van der Waals surface area contributed by atoms with E-state index in [9.17, 15) is 12.8 Å². The van der Waals surface area contributed by atoms with Crippen molar-refractivity contribution in [2.75, 3.05) is 20.0 Å². The van der Waals surface area contributed by atoms with E-state index in [1.54, 1.807) is 7.11 Å². The van der Waals surface area contributed by atoms with Crippen LogP contribution >= 0.6 is 0 Å². The van der Waals surface area contributed by atoms with Gasteiger partial charge in [-0.3, -0.25) is 0 Å². The van der Waals surface area contributed by atoms with Crippen LogP contribution < -0.4 is 4.72 Å². The minimum Gasteiger partial charge on any atom is -0.376 e. The fourth-order valence-electron chi connectivity index (χ4n) is 3.41. The summed E-state index contributed by atoms with van der Waals surface area (Å²) in [7, 11) is -0.633. The SMILES string of the molecule is COC(CS(=O)(=O)N[C@H]1Cc2ccccc2[C@H]1OC)c1ccc(F)cc1. The summed E-state index contributed by atoms with van der Waals surface area (Å²) in [6.07, 6.45) is -0.437. The van der Waals surface area contributed by atoms with Crippen LogP contribution in [0.5, 0.6) is 0 Å². The minimum atomic E-state index is -3.64. The molecule has 7 heteroatoms. The van der Waals surface area contributed by atoms with Gasteiger partial charge in [0.2, 0.25) is 10.0 Å². The van der Waals surface area contributed by atoms with Gasteiger partial charge >= 0.3 is 0 Å². The molecule has 140 valence electrons. The summed E-state index contributed by atoms with van der Waals surface area (Å²) in [4.78, 5) is 0. The Bertz CT molecular complexity index is 854. The monoisotopic (exact) mass is 379 g/mol. The Hall–Kier alpha value is -1.80. The number of sulfonamides is 1. The van der Waals surface area contributed by atoms with Crippen LogP contribution in [-0.4, -0.2) is 34.4 Å². The highest BCUT2D eigenvalue weighted by Gasteiger charge is 2.35. The predicted octanol–water partition coefficient (Wildman–Crippen LogP) is 2.75. The van der Waals surface area contributed by atoms with Crippen LogP contribution in [0.15, 0.2) is 48.5 Å². The van der Waals surface area contributed by atoms with E-state index in [1.807, 2.05) is 24.3 Å². The van der Waals surface area contributed by atoms with Gasteiger partial charge in [0, 0.05) is 14.2 Å². The molecular weight excluding hydrogens is 357 g/mol. The van der Waals surface area contributed by atoms with E-state index in [1.165, 1.54) is 31.4 Å². The zero-order valence-electron chi connectivity index (χ0n) is 14.7. The molecule has 1 N–H and O–H groups in total. The van der Waals surface area contributed by atoms with Crippen molar-refractivity contribution in [3.63, 3.8) is 0 Å². The quantitative estimate of drug-likeness (QED) is 0.803. The lowest BCUT2D eigenvalue weighted by Gasteiger charge is -2.22. The number of fused-ring (bicyclic) bond motifs is 1. The fourth-order valence-corrected chi connectivity index (χ4v) is 4.90. The maximum absolute atomic E-state index is 13.1. The second kappa shape index (κ2) is 7.84. The molecule has 0 amide bonds. The summed E-state index contributed by atoms with van der Waals surface area (Å²) in [6, 6.07) is 13.0. The highest BCUT2D eigenvalue weighted by Crippen LogP contribution is 2.34. The molecule has 0 saturated heterocycles. The molecular formula is C19H22FNO4S. The lowest BCUT2D eigenvalue weighted by atomic mass is 10.1. The third-order valence-electron chi connectivity index (χ3n) is 4.65.